The van der Waals surface area contributed by atoms with Crippen LogP contribution < -0.4 is 9.47 Å². The lowest BCUT2D eigenvalue weighted by molar-refractivity contribution is -0.131. The second-order valence-electron chi connectivity index (χ2n) is 3.31. The number of aliphatic carboxylic acids is 1. The van der Waals surface area contributed by atoms with Gasteiger partial charge in [0.25, 0.3) is 0 Å². The maximum Gasteiger partial charge on any atom is 0.328 e. The van der Waals surface area contributed by atoms with Crippen molar-refractivity contribution < 1.29 is 19.4 Å². The summed E-state index contributed by atoms with van der Waals surface area (Å²) in [6.45, 7) is 3.97. The van der Waals surface area contributed by atoms with Crippen LogP contribution in [0.3, 0.4) is 0 Å². The molecule has 0 fully saturated rings. The van der Waals surface area contributed by atoms with Gasteiger partial charge < -0.3 is 14.6 Å². The first-order valence-corrected chi connectivity index (χ1v) is 6.18. The van der Waals surface area contributed by atoms with Crippen molar-refractivity contribution in [2.75, 3.05) is 13.7 Å². The van der Waals surface area contributed by atoms with Crippen molar-refractivity contribution in [2.24, 2.45) is 0 Å². The Kier molecular flexibility index (Phi) is 5.70. The third-order valence-corrected chi connectivity index (χ3v) is 2.82. The van der Waals surface area contributed by atoms with Gasteiger partial charge in [-0.15, -0.1) is 0 Å². The third kappa shape index (κ3) is 4.06. The van der Waals surface area contributed by atoms with Gasteiger partial charge in [-0.3, -0.25) is 0 Å². The summed E-state index contributed by atoms with van der Waals surface area (Å²) < 4.78 is 11.6. The summed E-state index contributed by atoms with van der Waals surface area (Å²) in [5, 5.41) is 8.59. The van der Waals surface area contributed by atoms with Crippen molar-refractivity contribution in [2.45, 2.75) is 0 Å². The van der Waals surface area contributed by atoms with Crippen LogP contribution in [-0.4, -0.2) is 24.8 Å². The van der Waals surface area contributed by atoms with Crippen LogP contribution >= 0.6 is 22.6 Å². The van der Waals surface area contributed by atoms with E-state index in [4.69, 9.17) is 14.6 Å². The maximum atomic E-state index is 10.5. The molecule has 18 heavy (non-hydrogen) atoms. The fraction of sp³-hybridized carbons (Fsp3) is 0.154. The molecule has 96 valence electrons. The monoisotopic (exact) mass is 360 g/mol. The first kappa shape index (κ1) is 14.6. The Bertz CT molecular complexity index is 480. The second-order valence-corrected chi connectivity index (χ2v) is 4.47. The highest BCUT2D eigenvalue weighted by atomic mass is 127. The Hall–Kier alpha value is -1.50. The van der Waals surface area contributed by atoms with Crippen LogP contribution in [-0.2, 0) is 4.79 Å². The summed E-state index contributed by atoms with van der Waals surface area (Å²) in [5.41, 5.74) is 0.740. The van der Waals surface area contributed by atoms with Crippen LogP contribution in [0.25, 0.3) is 6.08 Å². The molecular weight excluding hydrogens is 347 g/mol. The topological polar surface area (TPSA) is 55.8 Å². The fourth-order valence-electron chi connectivity index (χ4n) is 1.29. The molecule has 0 atom stereocenters. The zero-order chi connectivity index (χ0) is 13.5. The highest BCUT2D eigenvalue weighted by Crippen LogP contribution is 2.34. The van der Waals surface area contributed by atoms with Crippen LogP contribution in [0.2, 0.25) is 0 Å². The molecule has 1 N–H and O–H groups in total. The van der Waals surface area contributed by atoms with E-state index in [1.807, 2.05) is 6.07 Å². The molecular formula is C13H13IO4. The molecule has 0 aromatic heterocycles. The zero-order valence-corrected chi connectivity index (χ0v) is 12.0. The molecule has 0 saturated carbocycles. The number of methoxy groups -OCH3 is 1. The minimum atomic E-state index is -0.990. The van der Waals surface area contributed by atoms with Crippen molar-refractivity contribution in [3.8, 4) is 11.5 Å². The quantitative estimate of drug-likeness (QED) is 0.482. The maximum absolute atomic E-state index is 10.5. The second kappa shape index (κ2) is 7.05. The van der Waals surface area contributed by atoms with Crippen LogP contribution in [0.5, 0.6) is 11.5 Å². The van der Waals surface area contributed by atoms with Crippen molar-refractivity contribution in [1.82, 2.24) is 0 Å². The van der Waals surface area contributed by atoms with Gasteiger partial charge in [-0.1, -0.05) is 12.7 Å². The van der Waals surface area contributed by atoms with Crippen molar-refractivity contribution in [1.29, 1.82) is 0 Å². The molecule has 0 amide bonds. The number of ether oxygens (including phenoxy) is 2. The van der Waals surface area contributed by atoms with E-state index in [0.29, 0.717) is 18.1 Å². The molecule has 0 radical (unpaired) electrons. The first-order valence-electron chi connectivity index (χ1n) is 5.10. The van der Waals surface area contributed by atoms with Crippen molar-refractivity contribution in [3.63, 3.8) is 0 Å². The van der Waals surface area contributed by atoms with Gasteiger partial charge in [-0.25, -0.2) is 4.79 Å². The van der Waals surface area contributed by atoms with Gasteiger partial charge in [0.1, 0.15) is 6.61 Å². The van der Waals surface area contributed by atoms with Gasteiger partial charge in [0.2, 0.25) is 0 Å². The minimum Gasteiger partial charge on any atom is -0.493 e. The molecule has 1 aromatic carbocycles. The van der Waals surface area contributed by atoms with Gasteiger partial charge in [0.05, 0.1) is 10.7 Å². The highest BCUT2D eigenvalue weighted by Gasteiger charge is 2.10. The summed E-state index contributed by atoms with van der Waals surface area (Å²) >= 11 is 2.11. The lowest BCUT2D eigenvalue weighted by Crippen LogP contribution is -1.99. The number of carbonyl (C=O) groups is 1. The SMILES string of the molecule is C=CCOc1c(I)cc(C=CC(=O)O)cc1OC. The van der Waals surface area contributed by atoms with Crippen molar-refractivity contribution >= 4 is 34.6 Å². The zero-order valence-electron chi connectivity index (χ0n) is 9.85. The van der Waals surface area contributed by atoms with Crippen LogP contribution in [0.1, 0.15) is 5.56 Å². The number of benzene rings is 1. The summed E-state index contributed by atoms with van der Waals surface area (Å²) in [4.78, 5) is 10.5. The van der Waals surface area contributed by atoms with Gasteiger partial charge in [0, 0.05) is 6.08 Å². The summed E-state index contributed by atoms with van der Waals surface area (Å²) in [5.74, 6) is 0.204. The van der Waals surface area contributed by atoms with Crippen LogP contribution in [0.15, 0.2) is 30.9 Å². The van der Waals surface area contributed by atoms with Gasteiger partial charge in [-0.2, -0.15) is 0 Å². The van der Waals surface area contributed by atoms with E-state index in [-0.39, 0.29) is 0 Å². The molecule has 0 bridgehead atoms. The number of carboxylic acid groups (broad SMARTS) is 1. The van der Waals surface area contributed by atoms with Crippen LogP contribution in [0, 0.1) is 3.57 Å². The number of hydrogen-bond donors (Lipinski definition) is 1. The van der Waals surface area contributed by atoms with Gasteiger partial charge >= 0.3 is 5.97 Å². The average Bonchev–Trinajstić information content (AvgIpc) is 2.34. The Morgan fingerprint density at radius 3 is 2.83 bits per heavy atom. The molecule has 0 aliphatic rings. The average molecular weight is 360 g/mol. The number of hydrogen-bond acceptors (Lipinski definition) is 3. The van der Waals surface area contributed by atoms with E-state index in [0.717, 1.165) is 15.2 Å². The minimum absolute atomic E-state index is 0.386. The number of halogens is 1. The standard InChI is InChI=1S/C13H13IO4/c1-3-6-18-13-10(14)7-9(4-5-12(15)16)8-11(13)17-2/h3-5,7-8H,1,6H2,2H3,(H,15,16). The lowest BCUT2D eigenvalue weighted by Gasteiger charge is -2.12. The van der Waals surface area contributed by atoms with E-state index in [1.165, 1.54) is 13.2 Å². The molecule has 4 nitrogen and oxygen atoms in total. The smallest absolute Gasteiger partial charge is 0.328 e. The highest BCUT2D eigenvalue weighted by molar-refractivity contribution is 14.1. The predicted octanol–water partition coefficient (Wildman–Crippen LogP) is 2.96. The normalized spacial score (nSPS) is 10.3. The Balaban J connectivity index is 3.09. The molecule has 0 heterocycles. The fourth-order valence-corrected chi connectivity index (χ4v) is 2.07. The van der Waals surface area contributed by atoms with E-state index in [1.54, 1.807) is 12.1 Å². The number of rotatable bonds is 6. The summed E-state index contributed by atoms with van der Waals surface area (Å²) in [6, 6.07) is 3.54. The molecule has 1 rings (SSSR count). The molecule has 0 saturated heterocycles. The molecule has 5 heteroatoms. The molecule has 0 unspecified atom stereocenters. The molecule has 0 aliphatic carbocycles. The first-order chi connectivity index (χ1) is 8.58. The largest absolute Gasteiger partial charge is 0.493 e. The van der Waals surface area contributed by atoms with E-state index < -0.39 is 5.97 Å². The summed E-state index contributed by atoms with van der Waals surface area (Å²) in [7, 11) is 1.54. The van der Waals surface area contributed by atoms with Gasteiger partial charge in [-0.05, 0) is 46.4 Å². The van der Waals surface area contributed by atoms with E-state index >= 15 is 0 Å². The predicted molar refractivity (Wildman–Crippen MR) is 78.1 cm³/mol. The van der Waals surface area contributed by atoms with Gasteiger partial charge in [0.15, 0.2) is 11.5 Å². The lowest BCUT2D eigenvalue weighted by atomic mass is 10.2. The summed E-state index contributed by atoms with van der Waals surface area (Å²) in [6.07, 6.45) is 4.23. The molecule has 0 spiro atoms. The Labute approximate surface area is 119 Å². The molecule has 1 aromatic rings. The Morgan fingerprint density at radius 2 is 2.28 bits per heavy atom. The molecule has 0 aliphatic heterocycles. The van der Waals surface area contributed by atoms with E-state index in [2.05, 4.69) is 29.2 Å². The van der Waals surface area contributed by atoms with E-state index in [9.17, 15) is 4.79 Å². The van der Waals surface area contributed by atoms with Crippen molar-refractivity contribution in [3.05, 3.63) is 40.0 Å². The van der Waals surface area contributed by atoms with Crippen LogP contribution in [0.4, 0.5) is 0 Å². The third-order valence-electron chi connectivity index (χ3n) is 2.02. The Morgan fingerprint density at radius 1 is 1.56 bits per heavy atom. The number of carboxylic acids is 1.